The number of rotatable bonds is 7. The molecule has 12 rings (SSSR count). The Bertz CT molecular complexity index is 3590. The van der Waals surface area contributed by atoms with Gasteiger partial charge in [0.05, 0.1) is 39.1 Å². The van der Waals surface area contributed by atoms with Gasteiger partial charge in [0.25, 0.3) is 0 Å². The Morgan fingerprint density at radius 3 is 1.26 bits per heavy atom. The highest BCUT2D eigenvalue weighted by Crippen LogP contribution is 2.39. The van der Waals surface area contributed by atoms with Crippen molar-refractivity contribution in [1.29, 1.82) is 0 Å². The Morgan fingerprint density at radius 2 is 0.710 bits per heavy atom. The lowest BCUT2D eigenvalue weighted by Crippen LogP contribution is -1.97. The normalized spacial score (nSPS) is 11.5. The van der Waals surface area contributed by atoms with E-state index in [1.165, 1.54) is 49.2 Å². The van der Waals surface area contributed by atoms with E-state index < -0.39 is 0 Å². The average molecular weight is 792 g/mol. The molecule has 4 heterocycles. The molecule has 62 heavy (non-hydrogen) atoms. The molecule has 0 spiro atoms. The van der Waals surface area contributed by atoms with E-state index in [1.807, 2.05) is 42.6 Å². The first-order chi connectivity index (χ1) is 30.7. The van der Waals surface area contributed by atoms with Gasteiger partial charge in [-0.15, -0.1) is 0 Å². The van der Waals surface area contributed by atoms with E-state index in [2.05, 4.69) is 196 Å². The van der Waals surface area contributed by atoms with Crippen molar-refractivity contribution in [3.8, 4) is 67.7 Å². The van der Waals surface area contributed by atoms with Gasteiger partial charge in [-0.1, -0.05) is 140 Å². The lowest BCUT2D eigenvalue weighted by molar-refractivity contribution is 1.17. The van der Waals surface area contributed by atoms with Crippen LogP contribution < -0.4 is 0 Å². The van der Waals surface area contributed by atoms with Crippen molar-refractivity contribution in [2.75, 3.05) is 0 Å². The maximum atomic E-state index is 5.12. The van der Waals surface area contributed by atoms with Crippen LogP contribution in [0.25, 0.3) is 111 Å². The second-order valence-electron chi connectivity index (χ2n) is 15.7. The first kappa shape index (κ1) is 35.5. The van der Waals surface area contributed by atoms with Gasteiger partial charge in [0.2, 0.25) is 0 Å². The second kappa shape index (κ2) is 14.7. The molecule has 0 bridgehead atoms. The molecule has 0 aliphatic carbocycles. The number of para-hydroxylation sites is 3. The quantitative estimate of drug-likeness (QED) is 0.162. The van der Waals surface area contributed by atoms with Crippen molar-refractivity contribution < 1.29 is 0 Å². The minimum Gasteiger partial charge on any atom is -0.309 e. The van der Waals surface area contributed by atoms with Crippen molar-refractivity contribution in [2.45, 2.75) is 0 Å². The minimum absolute atomic E-state index is 0.690. The summed E-state index contributed by atoms with van der Waals surface area (Å²) in [7, 11) is 0. The van der Waals surface area contributed by atoms with Crippen LogP contribution in [-0.2, 0) is 0 Å². The van der Waals surface area contributed by atoms with Gasteiger partial charge < -0.3 is 9.13 Å². The van der Waals surface area contributed by atoms with Crippen molar-refractivity contribution in [2.24, 2.45) is 0 Å². The van der Waals surface area contributed by atoms with Gasteiger partial charge >= 0.3 is 0 Å². The van der Waals surface area contributed by atoms with Gasteiger partial charge in [0.1, 0.15) is 0 Å². The van der Waals surface area contributed by atoms with Crippen LogP contribution in [0.5, 0.6) is 0 Å². The standard InChI is InChI=1S/C57H37N5/c1-3-13-41(14-4-1)57-59-51(39-24-22-38(23-25-39)50-19-11-12-34-58-50)37-52(60-57)40-26-30-45(31-27-40)62-54-21-10-8-18-47(54)49-36-43(29-33-56(49)62)42-28-32-55-48(35-42)46-17-7-9-20-53(46)61(55)44-15-5-2-6-16-44/h1-37H. The van der Waals surface area contributed by atoms with Crippen LogP contribution in [0, 0.1) is 0 Å². The molecule has 0 fully saturated rings. The molecule has 0 amide bonds. The van der Waals surface area contributed by atoms with Gasteiger partial charge in [0, 0.05) is 61.4 Å². The first-order valence-electron chi connectivity index (χ1n) is 20.9. The van der Waals surface area contributed by atoms with E-state index in [0.717, 1.165) is 56.2 Å². The summed E-state index contributed by atoms with van der Waals surface area (Å²) in [5, 5.41) is 4.93. The molecule has 0 atom stereocenters. The van der Waals surface area contributed by atoms with Gasteiger partial charge in [-0.2, -0.15) is 0 Å². The summed E-state index contributed by atoms with van der Waals surface area (Å²) in [6, 6.07) is 77.3. The molecular weight excluding hydrogens is 755 g/mol. The molecular formula is C57H37N5. The summed E-state index contributed by atoms with van der Waals surface area (Å²) >= 11 is 0. The molecule has 0 aliphatic heterocycles. The van der Waals surface area contributed by atoms with Gasteiger partial charge in [-0.05, 0) is 90.0 Å². The predicted molar refractivity (Wildman–Crippen MR) is 256 cm³/mol. The number of hydrogen-bond donors (Lipinski definition) is 0. The molecule has 0 aliphatic rings. The van der Waals surface area contributed by atoms with Crippen molar-refractivity contribution in [3.63, 3.8) is 0 Å². The van der Waals surface area contributed by atoms with Crippen LogP contribution in [0.15, 0.2) is 225 Å². The number of nitrogens with zero attached hydrogens (tertiary/aromatic N) is 5. The van der Waals surface area contributed by atoms with E-state index in [0.29, 0.717) is 5.82 Å². The Hall–Kier alpha value is -8.41. The second-order valence-corrected chi connectivity index (χ2v) is 15.7. The van der Waals surface area contributed by atoms with E-state index in [1.54, 1.807) is 0 Å². The Balaban J connectivity index is 0.930. The number of fused-ring (bicyclic) bond motifs is 6. The fourth-order valence-corrected chi connectivity index (χ4v) is 9.02. The summed E-state index contributed by atoms with van der Waals surface area (Å²) in [5.41, 5.74) is 16.1. The SMILES string of the molecule is c1ccc(-c2nc(-c3ccc(-c4ccccn4)cc3)cc(-c3ccc(-n4c5ccccc5c5cc(-c6ccc7c(c6)c6ccccc6n7-c6ccccc6)ccc54)cc3)n2)cc1. The Kier molecular flexibility index (Phi) is 8.42. The molecule has 5 nitrogen and oxygen atoms in total. The molecule has 290 valence electrons. The third-order valence-electron chi connectivity index (χ3n) is 12.0. The van der Waals surface area contributed by atoms with Gasteiger partial charge in [0.15, 0.2) is 5.82 Å². The van der Waals surface area contributed by atoms with Crippen LogP contribution in [0.3, 0.4) is 0 Å². The third kappa shape index (κ3) is 6.06. The van der Waals surface area contributed by atoms with E-state index >= 15 is 0 Å². The average Bonchev–Trinajstić information content (AvgIpc) is 3.87. The molecule has 12 aromatic rings. The van der Waals surface area contributed by atoms with E-state index in [-0.39, 0.29) is 0 Å². The Morgan fingerprint density at radius 1 is 0.274 bits per heavy atom. The highest BCUT2D eigenvalue weighted by Gasteiger charge is 2.17. The van der Waals surface area contributed by atoms with Crippen LogP contribution in [0.4, 0.5) is 0 Å². The lowest BCUT2D eigenvalue weighted by atomic mass is 10.0. The van der Waals surface area contributed by atoms with Crippen LogP contribution in [-0.4, -0.2) is 24.1 Å². The number of pyridine rings is 1. The summed E-state index contributed by atoms with van der Waals surface area (Å²) in [4.78, 5) is 14.7. The largest absolute Gasteiger partial charge is 0.309 e. The Labute approximate surface area is 358 Å². The van der Waals surface area contributed by atoms with Crippen LogP contribution in [0.1, 0.15) is 0 Å². The van der Waals surface area contributed by atoms with Crippen LogP contribution in [0.2, 0.25) is 0 Å². The summed E-state index contributed by atoms with van der Waals surface area (Å²) in [6.45, 7) is 0. The van der Waals surface area contributed by atoms with Gasteiger partial charge in [-0.3, -0.25) is 4.98 Å². The summed E-state index contributed by atoms with van der Waals surface area (Å²) in [6.07, 6.45) is 1.82. The monoisotopic (exact) mass is 791 g/mol. The fraction of sp³-hybridized carbons (Fsp3) is 0. The first-order valence-corrected chi connectivity index (χ1v) is 20.9. The van der Waals surface area contributed by atoms with Crippen molar-refractivity contribution in [1.82, 2.24) is 24.1 Å². The molecule has 0 saturated carbocycles. The maximum absolute atomic E-state index is 5.12. The van der Waals surface area contributed by atoms with Gasteiger partial charge in [-0.25, -0.2) is 9.97 Å². The topological polar surface area (TPSA) is 48.5 Å². The lowest BCUT2D eigenvalue weighted by Gasteiger charge is -2.12. The zero-order chi connectivity index (χ0) is 41.0. The minimum atomic E-state index is 0.690. The maximum Gasteiger partial charge on any atom is 0.160 e. The molecule has 0 N–H and O–H groups in total. The predicted octanol–water partition coefficient (Wildman–Crippen LogP) is 14.4. The molecule has 0 unspecified atom stereocenters. The smallest absolute Gasteiger partial charge is 0.160 e. The number of aromatic nitrogens is 5. The fourth-order valence-electron chi connectivity index (χ4n) is 9.02. The van der Waals surface area contributed by atoms with Crippen LogP contribution >= 0.6 is 0 Å². The zero-order valence-electron chi connectivity index (χ0n) is 33.6. The zero-order valence-corrected chi connectivity index (χ0v) is 33.6. The molecule has 4 aromatic heterocycles. The molecule has 0 radical (unpaired) electrons. The third-order valence-corrected chi connectivity index (χ3v) is 12.0. The van der Waals surface area contributed by atoms with Crippen molar-refractivity contribution >= 4 is 43.6 Å². The molecule has 8 aromatic carbocycles. The van der Waals surface area contributed by atoms with Crippen molar-refractivity contribution in [3.05, 3.63) is 225 Å². The number of hydrogen-bond acceptors (Lipinski definition) is 3. The molecule has 0 saturated heterocycles. The highest BCUT2D eigenvalue weighted by atomic mass is 15.0. The number of benzene rings is 8. The summed E-state index contributed by atoms with van der Waals surface area (Å²) in [5.74, 6) is 0.690. The molecule has 5 heteroatoms. The summed E-state index contributed by atoms with van der Waals surface area (Å²) < 4.78 is 4.74. The highest BCUT2D eigenvalue weighted by molar-refractivity contribution is 6.12. The van der Waals surface area contributed by atoms with E-state index in [4.69, 9.17) is 9.97 Å². The van der Waals surface area contributed by atoms with E-state index in [9.17, 15) is 0 Å².